The molecular weight excluding hydrogens is 480 g/mol. The molecule has 0 rings (SSSR count). The van der Waals surface area contributed by atoms with Gasteiger partial charge in [-0.3, -0.25) is 4.79 Å². The molecule has 0 radical (unpaired) electrons. The maximum absolute atomic E-state index is 13.4. The molecule has 0 spiro atoms. The Hall–Kier alpha value is -1.26. The van der Waals surface area contributed by atoms with Gasteiger partial charge in [0.25, 0.3) is 5.91 Å². The van der Waals surface area contributed by atoms with Crippen LogP contribution < -0.4 is 5.32 Å². The van der Waals surface area contributed by atoms with Crippen molar-refractivity contribution in [1.82, 2.24) is 5.32 Å². The second-order valence-electron chi connectivity index (χ2n) is 5.28. The highest BCUT2D eigenvalue weighted by atomic mass is 35.5. The SMILES string of the molecule is O=C(NCCCO)C(F)(F)C(F)(F)C(F)(F)C(F)(F)C(F)(F)C(F)(F)C(F)(F)Cl. The number of aliphatic hydroxyl groups excluding tert-OH is 1. The molecule has 2 N–H and O–H groups in total. The molecule has 0 unspecified atom stereocenters. The number of nitrogens with one attached hydrogen (secondary N) is 1. The third kappa shape index (κ3) is 4.03. The van der Waals surface area contributed by atoms with Gasteiger partial charge >= 0.3 is 40.9 Å². The fourth-order valence-electron chi connectivity index (χ4n) is 1.50. The number of carbonyl (C=O) groups excluding carboxylic acids is 1. The third-order valence-electron chi connectivity index (χ3n) is 3.23. The summed E-state index contributed by atoms with van der Waals surface area (Å²) in [5.74, 6) is -50.4. The van der Waals surface area contributed by atoms with E-state index in [2.05, 4.69) is 11.6 Å². The van der Waals surface area contributed by atoms with Gasteiger partial charge in [0.1, 0.15) is 0 Å². The van der Waals surface area contributed by atoms with Crippen LogP contribution in [-0.2, 0) is 4.79 Å². The Morgan fingerprint density at radius 3 is 1.38 bits per heavy atom. The Morgan fingerprint density at radius 2 is 1.03 bits per heavy atom. The minimum Gasteiger partial charge on any atom is -0.396 e. The van der Waals surface area contributed by atoms with Gasteiger partial charge in [0, 0.05) is 13.2 Å². The number of carbonyl (C=O) groups is 1. The average Bonchev–Trinajstić information content (AvgIpc) is 2.52. The van der Waals surface area contributed by atoms with Gasteiger partial charge in [-0.15, -0.1) is 0 Å². The van der Waals surface area contributed by atoms with Gasteiger partial charge in [-0.05, 0) is 18.0 Å². The molecule has 0 fully saturated rings. The monoisotopic (exact) mass is 487 g/mol. The van der Waals surface area contributed by atoms with Gasteiger partial charge in [-0.2, -0.15) is 61.5 Å². The van der Waals surface area contributed by atoms with E-state index in [0.717, 1.165) is 5.32 Å². The molecule has 0 atom stereocenters. The summed E-state index contributed by atoms with van der Waals surface area (Å²) >= 11 is 3.43. The molecular formula is C11H8ClF14NO2. The van der Waals surface area contributed by atoms with Gasteiger partial charge in [0.15, 0.2) is 0 Å². The van der Waals surface area contributed by atoms with Crippen LogP contribution in [0.1, 0.15) is 6.42 Å². The number of hydrogen-bond acceptors (Lipinski definition) is 2. The molecule has 0 saturated heterocycles. The molecule has 0 heterocycles. The van der Waals surface area contributed by atoms with Crippen molar-refractivity contribution in [3.05, 3.63) is 0 Å². The Labute approximate surface area is 156 Å². The maximum atomic E-state index is 13.4. The third-order valence-corrected chi connectivity index (χ3v) is 3.47. The topological polar surface area (TPSA) is 49.3 Å². The summed E-state index contributed by atoms with van der Waals surface area (Å²) in [6.07, 6.45) is -0.644. The van der Waals surface area contributed by atoms with Crippen molar-refractivity contribution in [1.29, 1.82) is 0 Å². The molecule has 29 heavy (non-hydrogen) atoms. The molecule has 0 aliphatic rings. The van der Waals surface area contributed by atoms with Crippen LogP contribution in [0, 0.1) is 0 Å². The second-order valence-corrected chi connectivity index (χ2v) is 5.75. The van der Waals surface area contributed by atoms with E-state index < -0.39 is 66.4 Å². The summed E-state index contributed by atoms with van der Waals surface area (Å²) in [4.78, 5) is 10.9. The van der Waals surface area contributed by atoms with E-state index in [1.165, 1.54) is 0 Å². The first-order valence-corrected chi connectivity index (χ1v) is 7.09. The predicted molar refractivity (Wildman–Crippen MR) is 65.2 cm³/mol. The Bertz CT molecular complexity index is 603. The van der Waals surface area contributed by atoms with Gasteiger partial charge in [0.2, 0.25) is 0 Å². The van der Waals surface area contributed by atoms with Crippen molar-refractivity contribution < 1.29 is 71.4 Å². The first kappa shape index (κ1) is 27.7. The lowest BCUT2D eigenvalue weighted by molar-refractivity contribution is -0.431. The first-order chi connectivity index (χ1) is 12.5. The van der Waals surface area contributed by atoms with Crippen LogP contribution >= 0.6 is 11.6 Å². The van der Waals surface area contributed by atoms with Crippen LogP contribution in [0.15, 0.2) is 0 Å². The number of halogens is 15. The fourth-order valence-corrected chi connectivity index (χ4v) is 1.62. The van der Waals surface area contributed by atoms with Crippen LogP contribution in [0.5, 0.6) is 0 Å². The molecule has 1 amide bonds. The molecule has 0 bridgehead atoms. The highest BCUT2D eigenvalue weighted by Crippen LogP contribution is 2.62. The highest BCUT2D eigenvalue weighted by molar-refractivity contribution is 6.22. The smallest absolute Gasteiger partial charge is 0.393 e. The molecule has 0 aromatic rings. The van der Waals surface area contributed by atoms with Crippen molar-refractivity contribution in [3.63, 3.8) is 0 Å². The summed E-state index contributed by atoms with van der Waals surface area (Å²) in [5.41, 5.74) is 0. The summed E-state index contributed by atoms with van der Waals surface area (Å²) < 4.78 is 183. The van der Waals surface area contributed by atoms with Crippen molar-refractivity contribution in [2.45, 2.75) is 47.3 Å². The van der Waals surface area contributed by atoms with E-state index in [9.17, 15) is 66.3 Å². The van der Waals surface area contributed by atoms with Crippen LogP contribution in [0.25, 0.3) is 0 Å². The Morgan fingerprint density at radius 1 is 0.690 bits per heavy atom. The number of hydrogen-bond donors (Lipinski definition) is 2. The summed E-state index contributed by atoms with van der Waals surface area (Å²) in [5, 5.41) is 2.33. The summed E-state index contributed by atoms with van der Waals surface area (Å²) in [6.45, 7) is -1.99. The Kier molecular flexibility index (Phi) is 7.44. The summed E-state index contributed by atoms with van der Waals surface area (Å²) in [6, 6.07) is 0. The zero-order valence-electron chi connectivity index (χ0n) is 13.1. The van der Waals surface area contributed by atoms with Crippen molar-refractivity contribution in [2.75, 3.05) is 13.2 Å². The van der Waals surface area contributed by atoms with Crippen molar-refractivity contribution >= 4 is 17.5 Å². The lowest BCUT2D eigenvalue weighted by Crippen LogP contribution is -2.73. The van der Waals surface area contributed by atoms with E-state index >= 15 is 0 Å². The quantitative estimate of drug-likeness (QED) is 0.277. The zero-order chi connectivity index (χ0) is 23.9. The van der Waals surface area contributed by atoms with Crippen LogP contribution in [-0.4, -0.2) is 65.1 Å². The lowest BCUT2D eigenvalue weighted by atomic mass is 9.91. The molecule has 3 nitrogen and oxygen atoms in total. The van der Waals surface area contributed by atoms with E-state index in [0.29, 0.717) is 0 Å². The van der Waals surface area contributed by atoms with E-state index in [1.807, 2.05) is 0 Å². The molecule has 174 valence electrons. The molecule has 0 aromatic carbocycles. The minimum atomic E-state index is -8.28. The lowest BCUT2D eigenvalue weighted by Gasteiger charge is -2.41. The van der Waals surface area contributed by atoms with Gasteiger partial charge < -0.3 is 10.4 Å². The van der Waals surface area contributed by atoms with E-state index in [-0.39, 0.29) is 0 Å². The van der Waals surface area contributed by atoms with Crippen molar-refractivity contribution in [2.24, 2.45) is 0 Å². The van der Waals surface area contributed by atoms with Gasteiger partial charge in [-0.25, -0.2) is 0 Å². The number of rotatable bonds is 10. The van der Waals surface area contributed by atoms with E-state index in [1.54, 1.807) is 0 Å². The van der Waals surface area contributed by atoms with Gasteiger partial charge in [0.05, 0.1) is 0 Å². The largest absolute Gasteiger partial charge is 0.396 e. The van der Waals surface area contributed by atoms with Crippen LogP contribution in [0.2, 0.25) is 0 Å². The van der Waals surface area contributed by atoms with Crippen molar-refractivity contribution in [3.8, 4) is 0 Å². The average molecular weight is 488 g/mol. The predicted octanol–water partition coefficient (Wildman–Crippen LogP) is 4.13. The molecule has 0 saturated carbocycles. The number of alkyl halides is 15. The molecule has 0 aliphatic heterocycles. The zero-order valence-corrected chi connectivity index (χ0v) is 13.9. The Balaban J connectivity index is 6.32. The van der Waals surface area contributed by atoms with E-state index in [4.69, 9.17) is 5.11 Å². The first-order valence-electron chi connectivity index (χ1n) is 6.71. The van der Waals surface area contributed by atoms with Crippen LogP contribution in [0.4, 0.5) is 61.5 Å². The number of aliphatic hydroxyl groups is 1. The second kappa shape index (κ2) is 7.77. The highest BCUT2D eigenvalue weighted by Gasteiger charge is 2.93. The summed E-state index contributed by atoms with van der Waals surface area (Å²) in [7, 11) is 0. The standard InChI is InChI=1S/C11H8ClF14NO2/c12-11(25,26)10(23,24)9(21,22)8(19,20)7(17,18)6(15,16)5(13,14)4(29)27-2-1-3-28/h28H,1-3H2,(H,27,29). The normalized spacial score (nSPS) is 15.4. The molecule has 18 heteroatoms. The minimum absolute atomic E-state index is 0.644. The number of amides is 1. The van der Waals surface area contributed by atoms with Crippen LogP contribution in [0.3, 0.4) is 0 Å². The molecule has 0 aromatic heterocycles. The fraction of sp³-hybridized carbons (Fsp3) is 0.909. The van der Waals surface area contributed by atoms with Gasteiger partial charge in [-0.1, -0.05) is 0 Å². The molecule has 0 aliphatic carbocycles. The maximum Gasteiger partial charge on any atom is 0.393 e.